The van der Waals surface area contributed by atoms with E-state index in [9.17, 15) is 0 Å². The van der Waals surface area contributed by atoms with Gasteiger partial charge in [0.1, 0.15) is 12.1 Å². The number of ether oxygens (including phenoxy) is 1. The average Bonchev–Trinajstić information content (AvgIpc) is 3.01. The highest BCUT2D eigenvalue weighted by Gasteiger charge is 2.17. The number of aromatic nitrogens is 5. The molecule has 0 bridgehead atoms. The van der Waals surface area contributed by atoms with Gasteiger partial charge in [-0.3, -0.25) is 4.57 Å². The third kappa shape index (κ3) is 3.69. The van der Waals surface area contributed by atoms with E-state index in [-0.39, 0.29) is 0 Å². The van der Waals surface area contributed by atoms with Gasteiger partial charge >= 0.3 is 6.01 Å². The van der Waals surface area contributed by atoms with E-state index in [1.165, 1.54) is 0 Å². The largest absolute Gasteiger partial charge is 0.462 e. The van der Waals surface area contributed by atoms with E-state index < -0.39 is 0 Å². The van der Waals surface area contributed by atoms with Gasteiger partial charge in [0.25, 0.3) is 0 Å². The normalized spacial score (nSPS) is 15.4. The van der Waals surface area contributed by atoms with Crippen molar-refractivity contribution < 1.29 is 4.74 Å². The van der Waals surface area contributed by atoms with Crippen LogP contribution in [0.3, 0.4) is 0 Å². The van der Waals surface area contributed by atoms with Crippen molar-refractivity contribution in [2.24, 2.45) is 0 Å². The van der Waals surface area contributed by atoms with Crippen molar-refractivity contribution in [2.75, 3.05) is 25.0 Å². The van der Waals surface area contributed by atoms with Crippen LogP contribution in [0.25, 0.3) is 11.2 Å². The lowest BCUT2D eigenvalue weighted by Gasteiger charge is -2.24. The highest BCUT2D eigenvalue weighted by molar-refractivity contribution is 5.74. The summed E-state index contributed by atoms with van der Waals surface area (Å²) in [6.07, 6.45) is 7.30. The first kappa shape index (κ1) is 15.8. The SMILES string of the molecule is c1cnc(OCCn2c(NC3CCNCC3)nc3cccnc32)nc1. The first-order valence-electron chi connectivity index (χ1n) is 8.58. The summed E-state index contributed by atoms with van der Waals surface area (Å²) in [6.45, 7) is 3.14. The van der Waals surface area contributed by atoms with Crippen LogP contribution < -0.4 is 15.4 Å². The molecule has 8 nitrogen and oxygen atoms in total. The van der Waals surface area contributed by atoms with Gasteiger partial charge in [-0.25, -0.2) is 19.9 Å². The summed E-state index contributed by atoms with van der Waals surface area (Å²) in [5, 5.41) is 6.95. The molecule has 0 unspecified atom stereocenters. The van der Waals surface area contributed by atoms with Crippen molar-refractivity contribution in [3.05, 3.63) is 36.8 Å². The van der Waals surface area contributed by atoms with E-state index in [1.54, 1.807) is 24.7 Å². The van der Waals surface area contributed by atoms with Crippen LogP contribution in [-0.4, -0.2) is 50.2 Å². The van der Waals surface area contributed by atoms with Crippen molar-refractivity contribution in [1.82, 2.24) is 29.8 Å². The van der Waals surface area contributed by atoms with Gasteiger partial charge in [0.05, 0.1) is 6.54 Å². The molecule has 1 saturated heterocycles. The maximum atomic E-state index is 5.64. The van der Waals surface area contributed by atoms with E-state index in [1.807, 2.05) is 12.1 Å². The molecule has 0 atom stereocenters. The van der Waals surface area contributed by atoms with Gasteiger partial charge in [0.2, 0.25) is 5.95 Å². The standard InChI is InChI=1S/C17H21N7O/c1-3-14-15(19-6-1)24(11-12-25-17-20-7-2-8-21-17)16(23-14)22-13-4-9-18-10-5-13/h1-3,6-8,13,18H,4-5,9-12H2,(H,22,23). The molecule has 1 fully saturated rings. The summed E-state index contributed by atoms with van der Waals surface area (Å²) in [4.78, 5) is 17.4. The number of pyridine rings is 1. The summed E-state index contributed by atoms with van der Waals surface area (Å²) in [6, 6.07) is 6.46. The Morgan fingerprint density at radius 2 is 1.92 bits per heavy atom. The first-order valence-corrected chi connectivity index (χ1v) is 8.58. The number of nitrogens with one attached hydrogen (secondary N) is 2. The molecular weight excluding hydrogens is 318 g/mol. The number of hydrogen-bond acceptors (Lipinski definition) is 7. The zero-order chi connectivity index (χ0) is 16.9. The zero-order valence-electron chi connectivity index (χ0n) is 13.9. The Morgan fingerprint density at radius 1 is 1.12 bits per heavy atom. The number of nitrogens with zero attached hydrogens (tertiary/aromatic N) is 5. The molecule has 0 aromatic carbocycles. The van der Waals surface area contributed by atoms with Gasteiger partial charge in [-0.15, -0.1) is 0 Å². The number of fused-ring (bicyclic) bond motifs is 1. The minimum absolute atomic E-state index is 0.382. The molecule has 1 aliphatic heterocycles. The molecular formula is C17H21N7O. The number of anilines is 1. The molecule has 0 aliphatic carbocycles. The average molecular weight is 339 g/mol. The molecule has 2 N–H and O–H groups in total. The van der Waals surface area contributed by atoms with Crippen molar-refractivity contribution in [2.45, 2.75) is 25.4 Å². The summed E-state index contributed by atoms with van der Waals surface area (Å²) < 4.78 is 7.71. The first-order chi connectivity index (χ1) is 12.4. The van der Waals surface area contributed by atoms with Crippen LogP contribution in [0.2, 0.25) is 0 Å². The third-order valence-corrected chi connectivity index (χ3v) is 4.26. The van der Waals surface area contributed by atoms with E-state index in [0.717, 1.165) is 43.0 Å². The van der Waals surface area contributed by atoms with Gasteiger partial charge in [-0.05, 0) is 44.1 Å². The van der Waals surface area contributed by atoms with Crippen LogP contribution in [0.1, 0.15) is 12.8 Å². The molecule has 4 heterocycles. The molecule has 0 saturated carbocycles. The Balaban J connectivity index is 1.51. The molecule has 130 valence electrons. The van der Waals surface area contributed by atoms with Gasteiger partial charge < -0.3 is 15.4 Å². The van der Waals surface area contributed by atoms with Gasteiger partial charge in [0, 0.05) is 24.6 Å². The number of imidazole rings is 1. The van der Waals surface area contributed by atoms with Crippen molar-refractivity contribution >= 4 is 17.1 Å². The maximum Gasteiger partial charge on any atom is 0.316 e. The molecule has 4 rings (SSSR count). The Labute approximate surface area is 145 Å². The fourth-order valence-electron chi connectivity index (χ4n) is 3.02. The van der Waals surface area contributed by atoms with Gasteiger partial charge in [0.15, 0.2) is 5.65 Å². The number of rotatable bonds is 6. The van der Waals surface area contributed by atoms with E-state index >= 15 is 0 Å². The third-order valence-electron chi connectivity index (χ3n) is 4.26. The van der Waals surface area contributed by atoms with E-state index in [4.69, 9.17) is 9.72 Å². The van der Waals surface area contributed by atoms with Crippen LogP contribution >= 0.6 is 0 Å². The predicted molar refractivity (Wildman–Crippen MR) is 94.6 cm³/mol. The number of hydrogen-bond donors (Lipinski definition) is 2. The molecule has 25 heavy (non-hydrogen) atoms. The van der Waals surface area contributed by atoms with Gasteiger partial charge in [-0.2, -0.15) is 0 Å². The summed E-state index contributed by atoms with van der Waals surface area (Å²) >= 11 is 0. The minimum atomic E-state index is 0.382. The smallest absolute Gasteiger partial charge is 0.316 e. The van der Waals surface area contributed by atoms with Gasteiger partial charge in [-0.1, -0.05) is 0 Å². The quantitative estimate of drug-likeness (QED) is 0.703. The summed E-state index contributed by atoms with van der Waals surface area (Å²) in [5.74, 6) is 0.846. The van der Waals surface area contributed by atoms with Crippen molar-refractivity contribution in [1.29, 1.82) is 0 Å². The fourth-order valence-corrected chi connectivity index (χ4v) is 3.02. The molecule has 0 amide bonds. The molecule has 3 aromatic heterocycles. The van der Waals surface area contributed by atoms with E-state index in [2.05, 4.69) is 30.2 Å². The van der Waals surface area contributed by atoms with Crippen LogP contribution in [0.4, 0.5) is 5.95 Å². The minimum Gasteiger partial charge on any atom is -0.462 e. The zero-order valence-corrected chi connectivity index (χ0v) is 13.9. The molecule has 0 spiro atoms. The second-order valence-corrected chi connectivity index (χ2v) is 5.98. The second kappa shape index (κ2) is 7.43. The lowest BCUT2D eigenvalue weighted by Crippen LogP contribution is -2.36. The Hall–Kier alpha value is -2.74. The molecule has 8 heteroatoms. The lowest BCUT2D eigenvalue weighted by molar-refractivity contribution is 0.277. The number of piperidine rings is 1. The monoisotopic (exact) mass is 339 g/mol. The van der Waals surface area contributed by atoms with E-state index in [0.29, 0.717) is 25.2 Å². The lowest BCUT2D eigenvalue weighted by atomic mass is 10.1. The predicted octanol–water partition coefficient (Wildman–Crippen LogP) is 1.46. The highest BCUT2D eigenvalue weighted by atomic mass is 16.5. The second-order valence-electron chi connectivity index (χ2n) is 5.98. The van der Waals surface area contributed by atoms with Crippen LogP contribution in [0, 0.1) is 0 Å². The Morgan fingerprint density at radius 3 is 2.76 bits per heavy atom. The van der Waals surface area contributed by atoms with Crippen LogP contribution in [-0.2, 0) is 6.54 Å². The van der Waals surface area contributed by atoms with Crippen molar-refractivity contribution in [3.8, 4) is 6.01 Å². The Bertz CT molecular complexity index is 814. The summed E-state index contributed by atoms with van der Waals surface area (Å²) in [5.41, 5.74) is 1.74. The van der Waals surface area contributed by atoms with Crippen LogP contribution in [0.5, 0.6) is 6.01 Å². The van der Waals surface area contributed by atoms with Crippen LogP contribution in [0.15, 0.2) is 36.8 Å². The fraction of sp³-hybridized carbons (Fsp3) is 0.412. The molecule has 0 radical (unpaired) electrons. The maximum absolute atomic E-state index is 5.64. The summed E-state index contributed by atoms with van der Waals surface area (Å²) in [7, 11) is 0. The van der Waals surface area contributed by atoms with Crippen molar-refractivity contribution in [3.63, 3.8) is 0 Å². The topological polar surface area (TPSA) is 89.8 Å². The molecule has 3 aromatic rings. The Kier molecular flexibility index (Phi) is 4.69. The molecule has 1 aliphatic rings. The highest BCUT2D eigenvalue weighted by Crippen LogP contribution is 2.20.